The van der Waals surface area contributed by atoms with Crippen molar-refractivity contribution in [3.63, 3.8) is 0 Å². The first-order chi connectivity index (χ1) is 9.81. The van der Waals surface area contributed by atoms with E-state index in [0.717, 1.165) is 21.2 Å². The van der Waals surface area contributed by atoms with Gasteiger partial charge in [0.05, 0.1) is 0 Å². The van der Waals surface area contributed by atoms with E-state index in [1.165, 1.54) is 41.5 Å². The predicted molar refractivity (Wildman–Crippen MR) is 84.5 cm³/mol. The van der Waals surface area contributed by atoms with Crippen molar-refractivity contribution in [2.75, 3.05) is 0 Å². The van der Waals surface area contributed by atoms with Crippen molar-refractivity contribution in [2.24, 2.45) is 0 Å². The monoisotopic (exact) mass is 300 g/mol. The Morgan fingerprint density at radius 2 is 2.05 bits per heavy atom. The summed E-state index contributed by atoms with van der Waals surface area (Å²) in [4.78, 5) is 11.9. The molecule has 0 atom stereocenters. The number of benzene rings is 1. The molecule has 1 aliphatic rings. The van der Waals surface area contributed by atoms with Crippen molar-refractivity contribution in [3.05, 3.63) is 45.9 Å². The van der Waals surface area contributed by atoms with Crippen LogP contribution in [-0.4, -0.2) is 9.97 Å². The van der Waals surface area contributed by atoms with Gasteiger partial charge in [-0.1, -0.05) is 23.7 Å². The van der Waals surface area contributed by atoms with Gasteiger partial charge in [0.2, 0.25) is 0 Å². The first kappa shape index (κ1) is 12.3. The van der Waals surface area contributed by atoms with Crippen molar-refractivity contribution >= 4 is 33.2 Å². The van der Waals surface area contributed by atoms with Crippen LogP contribution in [0.2, 0.25) is 5.02 Å². The standard InChI is InChI=1S/C16H13ClN2S/c17-11-5-3-4-10(8-11)15-18-9-13-12-6-1-2-7-14(12)20-16(13)19-15/h3-5,8-9H,1-2,6-7H2. The van der Waals surface area contributed by atoms with E-state index >= 15 is 0 Å². The highest BCUT2D eigenvalue weighted by Gasteiger charge is 2.17. The maximum absolute atomic E-state index is 6.04. The number of aromatic nitrogens is 2. The molecule has 0 amide bonds. The van der Waals surface area contributed by atoms with E-state index in [9.17, 15) is 0 Å². The Bertz CT molecular complexity index is 794. The summed E-state index contributed by atoms with van der Waals surface area (Å²) >= 11 is 7.87. The van der Waals surface area contributed by atoms with E-state index in [1.807, 2.05) is 41.8 Å². The quantitative estimate of drug-likeness (QED) is 0.639. The van der Waals surface area contributed by atoms with E-state index in [0.29, 0.717) is 0 Å². The number of hydrogen-bond donors (Lipinski definition) is 0. The van der Waals surface area contributed by atoms with Gasteiger partial charge >= 0.3 is 0 Å². The van der Waals surface area contributed by atoms with Crippen LogP contribution in [0.5, 0.6) is 0 Å². The van der Waals surface area contributed by atoms with Gasteiger partial charge in [0.1, 0.15) is 4.83 Å². The van der Waals surface area contributed by atoms with Gasteiger partial charge in [-0.25, -0.2) is 9.97 Å². The molecule has 0 saturated carbocycles. The topological polar surface area (TPSA) is 25.8 Å². The fraction of sp³-hybridized carbons (Fsp3) is 0.250. The van der Waals surface area contributed by atoms with Crippen LogP contribution in [0.25, 0.3) is 21.6 Å². The third-order valence-electron chi connectivity index (χ3n) is 3.80. The number of fused-ring (bicyclic) bond motifs is 3. The molecule has 1 aromatic carbocycles. The lowest BCUT2D eigenvalue weighted by molar-refractivity contribution is 0.700. The normalized spacial score (nSPS) is 14.4. The minimum Gasteiger partial charge on any atom is -0.236 e. The largest absolute Gasteiger partial charge is 0.236 e. The van der Waals surface area contributed by atoms with Gasteiger partial charge in [-0.2, -0.15) is 0 Å². The molecule has 1 aliphatic carbocycles. The Morgan fingerprint density at radius 1 is 1.15 bits per heavy atom. The summed E-state index contributed by atoms with van der Waals surface area (Å²) in [7, 11) is 0. The minimum absolute atomic E-state index is 0.719. The SMILES string of the molecule is Clc1cccc(-c2ncc3c4c(sc3n2)CCCC4)c1. The number of halogens is 1. The minimum atomic E-state index is 0.719. The van der Waals surface area contributed by atoms with Gasteiger partial charge < -0.3 is 0 Å². The first-order valence-corrected chi connectivity index (χ1v) is 8.04. The molecule has 0 saturated heterocycles. The van der Waals surface area contributed by atoms with Crippen molar-refractivity contribution in [2.45, 2.75) is 25.7 Å². The van der Waals surface area contributed by atoms with Crippen molar-refractivity contribution < 1.29 is 0 Å². The van der Waals surface area contributed by atoms with Gasteiger partial charge in [-0.15, -0.1) is 11.3 Å². The van der Waals surface area contributed by atoms with Crippen LogP contribution >= 0.6 is 22.9 Å². The van der Waals surface area contributed by atoms with E-state index in [1.54, 1.807) is 0 Å². The van der Waals surface area contributed by atoms with Crippen LogP contribution in [0.3, 0.4) is 0 Å². The summed E-state index contributed by atoms with van der Waals surface area (Å²) in [5.74, 6) is 0.763. The third-order valence-corrected chi connectivity index (χ3v) is 5.24. The molecule has 4 rings (SSSR count). The fourth-order valence-electron chi connectivity index (χ4n) is 2.81. The highest BCUT2D eigenvalue weighted by atomic mass is 35.5. The number of aryl methyl sites for hydroxylation is 2. The van der Waals surface area contributed by atoms with Gasteiger partial charge in [-0.05, 0) is 43.4 Å². The van der Waals surface area contributed by atoms with Crippen LogP contribution in [0.4, 0.5) is 0 Å². The van der Waals surface area contributed by atoms with E-state index in [4.69, 9.17) is 16.6 Å². The average molecular weight is 301 g/mol. The number of rotatable bonds is 1. The summed E-state index contributed by atoms with van der Waals surface area (Å²) in [5.41, 5.74) is 2.46. The summed E-state index contributed by atoms with van der Waals surface area (Å²) < 4.78 is 0. The van der Waals surface area contributed by atoms with E-state index in [-0.39, 0.29) is 0 Å². The maximum atomic E-state index is 6.04. The van der Waals surface area contributed by atoms with Crippen molar-refractivity contribution in [3.8, 4) is 11.4 Å². The van der Waals surface area contributed by atoms with Crippen molar-refractivity contribution in [1.82, 2.24) is 9.97 Å². The van der Waals surface area contributed by atoms with Gasteiger partial charge in [-0.3, -0.25) is 0 Å². The molecule has 4 heteroatoms. The molecule has 20 heavy (non-hydrogen) atoms. The fourth-order valence-corrected chi connectivity index (χ4v) is 4.23. The zero-order valence-corrected chi connectivity index (χ0v) is 12.5. The predicted octanol–water partition coefficient (Wildman–Crippen LogP) is 4.89. The van der Waals surface area contributed by atoms with E-state index < -0.39 is 0 Å². The molecule has 0 spiro atoms. The Kier molecular flexibility index (Phi) is 2.97. The molecule has 0 fully saturated rings. The van der Waals surface area contributed by atoms with Crippen LogP contribution in [0.1, 0.15) is 23.3 Å². The molecular formula is C16H13ClN2S. The van der Waals surface area contributed by atoms with Gasteiger partial charge in [0.25, 0.3) is 0 Å². The van der Waals surface area contributed by atoms with Crippen LogP contribution in [0, 0.1) is 0 Å². The first-order valence-electron chi connectivity index (χ1n) is 6.84. The molecule has 0 bridgehead atoms. The smallest absolute Gasteiger partial charge is 0.160 e. The lowest BCUT2D eigenvalue weighted by Gasteiger charge is -2.09. The molecule has 2 nitrogen and oxygen atoms in total. The Hall–Kier alpha value is -1.45. The molecular weight excluding hydrogens is 288 g/mol. The highest BCUT2D eigenvalue weighted by Crippen LogP contribution is 2.35. The summed E-state index contributed by atoms with van der Waals surface area (Å²) in [6.07, 6.45) is 6.95. The lowest BCUT2D eigenvalue weighted by atomic mass is 9.97. The summed E-state index contributed by atoms with van der Waals surface area (Å²) in [6, 6.07) is 7.72. The highest BCUT2D eigenvalue weighted by molar-refractivity contribution is 7.18. The van der Waals surface area contributed by atoms with Crippen LogP contribution in [0.15, 0.2) is 30.5 Å². The molecule has 2 aromatic heterocycles. The Morgan fingerprint density at radius 3 is 2.95 bits per heavy atom. The van der Waals surface area contributed by atoms with Crippen molar-refractivity contribution in [1.29, 1.82) is 0 Å². The molecule has 0 radical (unpaired) electrons. The maximum Gasteiger partial charge on any atom is 0.160 e. The van der Waals surface area contributed by atoms with Gasteiger partial charge in [0.15, 0.2) is 5.82 Å². The Labute approximate surface area is 126 Å². The third kappa shape index (κ3) is 2.02. The van der Waals surface area contributed by atoms with Crippen LogP contribution < -0.4 is 0 Å². The molecule has 0 N–H and O–H groups in total. The second-order valence-corrected chi connectivity index (χ2v) is 6.65. The molecule has 2 heterocycles. The summed E-state index contributed by atoms with van der Waals surface area (Å²) in [6.45, 7) is 0. The molecule has 0 unspecified atom stereocenters. The molecule has 100 valence electrons. The zero-order valence-electron chi connectivity index (χ0n) is 10.9. The van der Waals surface area contributed by atoms with Crippen LogP contribution in [-0.2, 0) is 12.8 Å². The number of thiophene rings is 1. The Balaban J connectivity index is 1.87. The molecule has 0 aliphatic heterocycles. The van der Waals surface area contributed by atoms with Gasteiger partial charge in [0, 0.05) is 27.0 Å². The second kappa shape index (κ2) is 4.83. The average Bonchev–Trinajstić information content (AvgIpc) is 2.85. The number of nitrogens with zero attached hydrogens (tertiary/aromatic N) is 2. The second-order valence-electron chi connectivity index (χ2n) is 5.13. The zero-order chi connectivity index (χ0) is 13.5. The lowest BCUT2D eigenvalue weighted by Crippen LogP contribution is -1.98. The van der Waals surface area contributed by atoms with E-state index in [2.05, 4.69) is 4.98 Å². The number of hydrogen-bond acceptors (Lipinski definition) is 3. The molecule has 3 aromatic rings. The summed E-state index contributed by atoms with van der Waals surface area (Å²) in [5, 5.41) is 1.96.